The summed E-state index contributed by atoms with van der Waals surface area (Å²) in [5, 5.41) is 12.1. The van der Waals surface area contributed by atoms with E-state index in [4.69, 9.17) is 4.98 Å². The third kappa shape index (κ3) is 7.48. The molecular weight excluding hydrogens is 548 g/mol. The van der Waals surface area contributed by atoms with Crippen molar-refractivity contribution in [2.24, 2.45) is 18.9 Å². The number of tetrazole rings is 1. The zero-order valence-electron chi connectivity index (χ0n) is 23.2. The van der Waals surface area contributed by atoms with E-state index in [0.717, 1.165) is 68.0 Å². The van der Waals surface area contributed by atoms with Crippen molar-refractivity contribution in [2.75, 3.05) is 22.9 Å². The molecule has 0 N–H and O–H groups in total. The predicted molar refractivity (Wildman–Crippen MR) is 141 cm³/mol. The summed E-state index contributed by atoms with van der Waals surface area (Å²) in [5.74, 6) is 2.25. The van der Waals surface area contributed by atoms with E-state index in [1.807, 2.05) is 12.1 Å². The highest BCUT2D eigenvalue weighted by atomic mass is 19.4. The van der Waals surface area contributed by atoms with Gasteiger partial charge in [-0.25, -0.2) is 4.98 Å². The Morgan fingerprint density at radius 3 is 1.90 bits per heavy atom. The van der Waals surface area contributed by atoms with Gasteiger partial charge in [0.25, 0.3) is 5.95 Å². The van der Waals surface area contributed by atoms with Crippen molar-refractivity contribution in [3.8, 4) is 0 Å². The van der Waals surface area contributed by atoms with Crippen molar-refractivity contribution in [1.29, 1.82) is 0 Å². The highest BCUT2D eigenvalue weighted by Crippen LogP contribution is 2.39. The summed E-state index contributed by atoms with van der Waals surface area (Å²) < 4.78 is 81.5. The van der Waals surface area contributed by atoms with Crippen molar-refractivity contribution in [3.05, 3.63) is 58.3 Å². The summed E-state index contributed by atoms with van der Waals surface area (Å²) in [6.45, 7) is 5.66. The molecule has 5 rings (SSSR count). The number of hydrogen-bond acceptors (Lipinski definition) is 6. The first-order chi connectivity index (χ1) is 19.3. The van der Waals surface area contributed by atoms with Crippen LogP contribution in [0.5, 0.6) is 0 Å². The summed E-state index contributed by atoms with van der Waals surface area (Å²) in [5.41, 5.74) is -1.18. The van der Waals surface area contributed by atoms with Crippen LogP contribution in [-0.4, -0.2) is 38.3 Å². The van der Waals surface area contributed by atoms with E-state index in [9.17, 15) is 26.3 Å². The third-order valence-electron chi connectivity index (χ3n) is 7.38. The molecule has 7 nitrogen and oxygen atoms in total. The van der Waals surface area contributed by atoms with Crippen molar-refractivity contribution >= 4 is 11.8 Å². The van der Waals surface area contributed by atoms with E-state index in [1.165, 1.54) is 11.8 Å². The fraction of sp³-hybridized carbons (Fsp3) is 0.571. The van der Waals surface area contributed by atoms with Gasteiger partial charge in [-0.15, -0.1) is 5.10 Å². The maximum Gasteiger partial charge on any atom is 0.416 e. The monoisotopic (exact) mass is 581 g/mol. The topological polar surface area (TPSA) is 63.0 Å². The Balaban J connectivity index is 1.54. The molecule has 2 aliphatic carbocycles. The molecule has 0 atom stereocenters. The fourth-order valence-corrected chi connectivity index (χ4v) is 4.82. The zero-order valence-corrected chi connectivity index (χ0v) is 23.2. The Kier molecular flexibility index (Phi) is 7.90. The molecule has 0 amide bonds. The number of aryl methyl sites for hydroxylation is 1. The summed E-state index contributed by atoms with van der Waals surface area (Å²) >= 11 is 0. The Morgan fingerprint density at radius 2 is 1.44 bits per heavy atom. The van der Waals surface area contributed by atoms with Crippen LogP contribution in [-0.2, 0) is 32.5 Å². The Labute approximate surface area is 234 Å². The Hall–Kier alpha value is -3.38. The van der Waals surface area contributed by atoms with Crippen LogP contribution in [0.1, 0.15) is 73.4 Å². The van der Waals surface area contributed by atoms with E-state index < -0.39 is 23.5 Å². The highest BCUT2D eigenvalue weighted by Gasteiger charge is 2.37. The predicted octanol–water partition coefficient (Wildman–Crippen LogP) is 6.60. The van der Waals surface area contributed by atoms with Crippen LogP contribution in [0.3, 0.4) is 0 Å². The maximum atomic E-state index is 13.6. The van der Waals surface area contributed by atoms with Crippen molar-refractivity contribution in [1.82, 2.24) is 25.2 Å². The van der Waals surface area contributed by atoms with Gasteiger partial charge in [-0.2, -0.15) is 31.1 Å². The zero-order chi connectivity index (χ0) is 29.5. The molecule has 0 aliphatic heterocycles. The van der Waals surface area contributed by atoms with Gasteiger partial charge >= 0.3 is 12.4 Å². The first-order valence-corrected chi connectivity index (χ1v) is 13.8. The van der Waals surface area contributed by atoms with Gasteiger partial charge in [0, 0.05) is 37.4 Å². The third-order valence-corrected chi connectivity index (χ3v) is 7.38. The largest absolute Gasteiger partial charge is 0.416 e. The van der Waals surface area contributed by atoms with Crippen LogP contribution in [0.15, 0.2) is 30.3 Å². The Morgan fingerprint density at radius 1 is 0.854 bits per heavy atom. The molecule has 13 heteroatoms. The number of aromatic nitrogens is 5. The van der Waals surface area contributed by atoms with Crippen molar-refractivity contribution < 1.29 is 26.3 Å². The molecule has 0 unspecified atom stereocenters. The number of pyridine rings is 1. The second-order valence-electron chi connectivity index (χ2n) is 11.5. The minimum absolute atomic E-state index is 0.0910. The van der Waals surface area contributed by atoms with E-state index in [0.29, 0.717) is 11.8 Å². The first-order valence-electron chi connectivity index (χ1n) is 13.8. The number of anilines is 2. The normalized spacial score (nSPS) is 16.0. The summed E-state index contributed by atoms with van der Waals surface area (Å²) in [6.07, 6.45) is -5.25. The average Bonchev–Trinajstić information content (AvgIpc) is 3.82. The molecule has 1 aromatic carbocycles. The molecule has 2 saturated carbocycles. The van der Waals surface area contributed by atoms with E-state index in [1.54, 1.807) is 4.90 Å². The molecule has 2 fully saturated rings. The number of halogens is 6. The van der Waals surface area contributed by atoms with Gasteiger partial charge in [0.05, 0.1) is 18.2 Å². The molecule has 3 aromatic rings. The molecule has 2 aliphatic rings. The molecule has 0 bridgehead atoms. The SMILES string of the molecule is CC(C)c1ccc(CN(Cc2cc(C(F)(F)F)cc(C(F)(F)F)c2)c2nnn(C)n2)c(N(CC2CC2)CC2CC2)n1. The molecular formula is C28H33F6N7. The average molecular weight is 582 g/mol. The standard InChI is InChI=1S/C28H33F6N7/c1-17(2)24-9-8-21(25(35-24)40(13-18-4-5-18)14-19-6-7-19)16-41(26-36-38-39(3)37-26)15-20-10-22(27(29,30)31)12-23(11-20)28(32,33)34/h8-12,17-19H,4-7,13-16H2,1-3H3. The number of rotatable bonds is 11. The van der Waals surface area contributed by atoms with Crippen molar-refractivity contribution in [2.45, 2.75) is 70.9 Å². The molecule has 0 spiro atoms. The van der Waals surface area contributed by atoms with Gasteiger partial charge in [-0.1, -0.05) is 25.0 Å². The maximum absolute atomic E-state index is 13.6. The lowest BCUT2D eigenvalue weighted by Gasteiger charge is -2.29. The van der Waals surface area contributed by atoms with Crippen LogP contribution in [0, 0.1) is 11.8 Å². The Bertz CT molecular complexity index is 1310. The van der Waals surface area contributed by atoms with Gasteiger partial charge in [0.1, 0.15) is 5.82 Å². The summed E-state index contributed by atoms with van der Waals surface area (Å²) in [6, 6.07) is 5.48. The summed E-state index contributed by atoms with van der Waals surface area (Å²) in [4.78, 5) is 10.1. The van der Waals surface area contributed by atoms with Gasteiger partial charge in [0.15, 0.2) is 0 Å². The van der Waals surface area contributed by atoms with Crippen LogP contribution >= 0.6 is 0 Å². The van der Waals surface area contributed by atoms with E-state index >= 15 is 0 Å². The first kappa shape index (κ1) is 29.1. The van der Waals surface area contributed by atoms with Gasteiger partial charge < -0.3 is 9.80 Å². The quantitative estimate of drug-likeness (QED) is 0.238. The lowest BCUT2D eigenvalue weighted by atomic mass is 10.0. The van der Waals surface area contributed by atoms with Crippen LogP contribution in [0.4, 0.5) is 38.1 Å². The molecule has 0 radical (unpaired) electrons. The minimum atomic E-state index is -4.94. The van der Waals surface area contributed by atoms with E-state index in [-0.39, 0.29) is 36.6 Å². The smallest absolute Gasteiger partial charge is 0.356 e. The second kappa shape index (κ2) is 11.1. The van der Waals surface area contributed by atoms with Crippen LogP contribution in [0.2, 0.25) is 0 Å². The number of hydrogen-bond donors (Lipinski definition) is 0. The molecule has 222 valence electrons. The fourth-order valence-electron chi connectivity index (χ4n) is 4.82. The lowest BCUT2D eigenvalue weighted by molar-refractivity contribution is -0.143. The second-order valence-corrected chi connectivity index (χ2v) is 11.5. The number of alkyl halides is 6. The number of nitrogens with zero attached hydrogens (tertiary/aromatic N) is 7. The van der Waals surface area contributed by atoms with E-state index in [2.05, 4.69) is 34.2 Å². The van der Waals surface area contributed by atoms with Crippen LogP contribution < -0.4 is 9.80 Å². The van der Waals surface area contributed by atoms with Gasteiger partial charge in [-0.3, -0.25) is 0 Å². The lowest BCUT2D eigenvalue weighted by Crippen LogP contribution is -2.32. The van der Waals surface area contributed by atoms with Crippen LogP contribution in [0.25, 0.3) is 0 Å². The molecule has 2 aromatic heterocycles. The highest BCUT2D eigenvalue weighted by molar-refractivity contribution is 5.51. The van der Waals surface area contributed by atoms with Gasteiger partial charge in [0.2, 0.25) is 0 Å². The number of benzene rings is 1. The summed E-state index contributed by atoms with van der Waals surface area (Å²) in [7, 11) is 1.54. The molecule has 0 saturated heterocycles. The van der Waals surface area contributed by atoms with Gasteiger partial charge in [-0.05, 0) is 78.5 Å². The van der Waals surface area contributed by atoms with Crippen molar-refractivity contribution in [3.63, 3.8) is 0 Å². The molecule has 41 heavy (non-hydrogen) atoms. The molecule has 2 heterocycles. The minimum Gasteiger partial charge on any atom is -0.356 e.